The molecule has 8 nitrogen and oxygen atoms in total. The zero-order valence-electron chi connectivity index (χ0n) is 18.4. The Balaban J connectivity index is 1.80. The molecule has 0 radical (unpaired) electrons. The van der Waals surface area contributed by atoms with Crippen molar-refractivity contribution < 1.29 is 38.7 Å². The van der Waals surface area contributed by atoms with E-state index in [1.807, 2.05) is 6.92 Å². The van der Waals surface area contributed by atoms with E-state index in [0.717, 1.165) is 5.57 Å². The highest BCUT2D eigenvalue weighted by molar-refractivity contribution is 5.92. The van der Waals surface area contributed by atoms with Gasteiger partial charge in [-0.05, 0) is 60.0 Å². The molecule has 2 N–H and O–H groups in total. The number of Topliss-reactive ketones (excluding diaryl/α,β-unsaturated/α-hetero) is 1. The largest absolute Gasteiger partial charge is 0.481 e. The zero-order chi connectivity index (χ0) is 22.1. The Hall–Kier alpha value is -1.29. The predicted molar refractivity (Wildman–Crippen MR) is 105 cm³/mol. The lowest BCUT2D eigenvalue weighted by molar-refractivity contribution is -0.170. The first-order chi connectivity index (χ1) is 13.8. The fourth-order valence-corrected chi connectivity index (χ4v) is 4.64. The quantitative estimate of drug-likeness (QED) is 0.567. The van der Waals surface area contributed by atoms with Gasteiger partial charge in [-0.3, -0.25) is 4.79 Å². The van der Waals surface area contributed by atoms with E-state index in [9.17, 15) is 15.0 Å². The van der Waals surface area contributed by atoms with Crippen molar-refractivity contribution in [2.75, 3.05) is 0 Å². The van der Waals surface area contributed by atoms with Crippen molar-refractivity contribution in [3.05, 3.63) is 23.5 Å². The van der Waals surface area contributed by atoms with Gasteiger partial charge >= 0.3 is 0 Å². The molecule has 4 aliphatic heterocycles. The van der Waals surface area contributed by atoms with Crippen LogP contribution in [0.15, 0.2) is 23.5 Å². The van der Waals surface area contributed by atoms with Crippen molar-refractivity contribution in [1.82, 2.24) is 0 Å². The molecular formula is C22H32O8. The van der Waals surface area contributed by atoms with Crippen LogP contribution in [0.4, 0.5) is 0 Å². The molecular weight excluding hydrogens is 392 g/mol. The van der Waals surface area contributed by atoms with Gasteiger partial charge in [0.15, 0.2) is 23.3 Å². The molecule has 0 unspecified atom stereocenters. The van der Waals surface area contributed by atoms with Gasteiger partial charge in [-0.25, -0.2) is 0 Å². The summed E-state index contributed by atoms with van der Waals surface area (Å²) in [5, 5.41) is 21.6. The molecule has 30 heavy (non-hydrogen) atoms. The topological polar surface area (TPSA) is 104 Å². The maximum absolute atomic E-state index is 13.6. The molecule has 0 aromatic rings. The highest BCUT2D eigenvalue weighted by Crippen LogP contribution is 2.43. The Morgan fingerprint density at radius 3 is 1.93 bits per heavy atom. The first-order valence-corrected chi connectivity index (χ1v) is 10.5. The van der Waals surface area contributed by atoms with Crippen LogP contribution in [0.2, 0.25) is 0 Å². The van der Waals surface area contributed by atoms with Crippen LogP contribution >= 0.6 is 0 Å². The van der Waals surface area contributed by atoms with E-state index in [1.165, 1.54) is 12.2 Å². The van der Waals surface area contributed by atoms with Gasteiger partial charge in [0, 0.05) is 0 Å². The molecule has 4 rings (SSSR count). The molecule has 2 saturated heterocycles. The number of hydrogen-bond donors (Lipinski definition) is 2. The summed E-state index contributed by atoms with van der Waals surface area (Å²) in [6.07, 6.45) is -1.62. The fraction of sp³-hybridized carbons (Fsp3) is 0.773. The lowest BCUT2D eigenvalue weighted by Crippen LogP contribution is -2.53. The molecule has 0 amide bonds. The Bertz CT molecular complexity index is 784. The van der Waals surface area contributed by atoms with Gasteiger partial charge in [-0.15, -0.1) is 0 Å². The Labute approximate surface area is 176 Å². The van der Waals surface area contributed by atoms with Gasteiger partial charge in [-0.2, -0.15) is 0 Å². The van der Waals surface area contributed by atoms with Crippen LogP contribution in [-0.2, 0) is 28.5 Å². The van der Waals surface area contributed by atoms with Crippen LogP contribution < -0.4 is 0 Å². The minimum absolute atomic E-state index is 0.286. The zero-order valence-corrected chi connectivity index (χ0v) is 18.4. The smallest absolute Gasteiger partial charge is 0.207 e. The summed E-state index contributed by atoms with van der Waals surface area (Å²) < 4.78 is 30.1. The average molecular weight is 424 g/mol. The van der Waals surface area contributed by atoms with Crippen molar-refractivity contribution >= 4 is 5.78 Å². The molecule has 4 aliphatic rings. The number of aliphatic hydroxyl groups excluding tert-OH is 2. The van der Waals surface area contributed by atoms with E-state index >= 15 is 0 Å². The second-order valence-corrected chi connectivity index (χ2v) is 9.75. The summed E-state index contributed by atoms with van der Waals surface area (Å²) in [5.74, 6) is -1.75. The predicted octanol–water partition coefficient (Wildman–Crippen LogP) is 1.73. The molecule has 2 fully saturated rings. The van der Waals surface area contributed by atoms with E-state index < -0.39 is 53.8 Å². The monoisotopic (exact) mass is 424 g/mol. The number of ketones is 1. The Kier molecular flexibility index (Phi) is 5.20. The first kappa shape index (κ1) is 21.9. The normalized spacial score (nSPS) is 46.3. The van der Waals surface area contributed by atoms with Gasteiger partial charge in [-0.1, -0.05) is 12.2 Å². The number of rotatable bonds is 0. The summed E-state index contributed by atoms with van der Waals surface area (Å²) in [7, 11) is 0. The summed E-state index contributed by atoms with van der Waals surface area (Å²) in [4.78, 5) is 13.6. The number of aliphatic hydroxyl groups is 2. The standard InChI is InChI=1S/C22H32O8/c1-11-9-10-22(6)19(25)18-16(27-21(4,5)29-18)13(24)8-7-12(23)15-17(14(11)30-22)28-20(2,3)26-15/h7-8,12-13,15-18,23-24H,9-10H2,1-6H3/b8-7-/t12-,13-,15-,16-,17-,18+,22+/m0/s1. The lowest BCUT2D eigenvalue weighted by atomic mass is 9.83. The van der Waals surface area contributed by atoms with Crippen LogP contribution in [0, 0.1) is 0 Å². The maximum atomic E-state index is 13.6. The van der Waals surface area contributed by atoms with Gasteiger partial charge in [0.25, 0.3) is 0 Å². The minimum atomic E-state index is -1.18. The SMILES string of the molecule is CC1=C2O[C@](C)(CC1)C(=O)[C@@H]1OC(C)(C)O[C@H]1[C@@H](O)/C=C\[C@H](O)[C@@H]1OC(C)(C)O[C@@H]21. The molecule has 0 aliphatic carbocycles. The highest BCUT2D eigenvalue weighted by Gasteiger charge is 2.56. The van der Waals surface area contributed by atoms with Gasteiger partial charge in [0.1, 0.15) is 36.3 Å². The van der Waals surface area contributed by atoms with Crippen LogP contribution in [0.5, 0.6) is 0 Å². The lowest BCUT2D eigenvalue weighted by Gasteiger charge is -2.40. The van der Waals surface area contributed by atoms with Crippen molar-refractivity contribution in [1.29, 1.82) is 0 Å². The maximum Gasteiger partial charge on any atom is 0.207 e. The van der Waals surface area contributed by atoms with Crippen LogP contribution in [-0.4, -0.2) is 69.8 Å². The third-order valence-electron chi connectivity index (χ3n) is 6.21. The molecule has 0 spiro atoms. The number of hydrogen-bond acceptors (Lipinski definition) is 8. The molecule has 2 bridgehead atoms. The molecule has 8 heteroatoms. The van der Waals surface area contributed by atoms with E-state index in [4.69, 9.17) is 23.7 Å². The third kappa shape index (κ3) is 3.74. The third-order valence-corrected chi connectivity index (χ3v) is 6.21. The number of carbonyl (C=O) groups excluding carboxylic acids is 1. The molecule has 4 heterocycles. The van der Waals surface area contributed by atoms with Crippen molar-refractivity contribution in [2.24, 2.45) is 0 Å². The van der Waals surface area contributed by atoms with E-state index in [-0.39, 0.29) is 5.78 Å². The van der Waals surface area contributed by atoms with Crippen molar-refractivity contribution in [3.63, 3.8) is 0 Å². The Morgan fingerprint density at radius 2 is 1.37 bits per heavy atom. The number of ether oxygens (including phenoxy) is 5. The van der Waals surface area contributed by atoms with Crippen molar-refractivity contribution in [3.8, 4) is 0 Å². The van der Waals surface area contributed by atoms with E-state index in [1.54, 1.807) is 34.6 Å². The van der Waals surface area contributed by atoms with Gasteiger partial charge in [0.2, 0.25) is 5.78 Å². The van der Waals surface area contributed by atoms with Crippen LogP contribution in [0.3, 0.4) is 0 Å². The van der Waals surface area contributed by atoms with Crippen LogP contribution in [0.25, 0.3) is 0 Å². The second-order valence-electron chi connectivity index (χ2n) is 9.75. The van der Waals surface area contributed by atoms with E-state index in [2.05, 4.69) is 0 Å². The van der Waals surface area contributed by atoms with Crippen molar-refractivity contribution in [2.45, 2.75) is 108 Å². The molecule has 7 atom stereocenters. The molecule has 0 aromatic carbocycles. The summed E-state index contributed by atoms with van der Waals surface area (Å²) in [6.45, 7) is 10.6. The summed E-state index contributed by atoms with van der Waals surface area (Å²) in [6, 6.07) is 0. The minimum Gasteiger partial charge on any atom is -0.481 e. The van der Waals surface area contributed by atoms with E-state index in [0.29, 0.717) is 18.6 Å². The number of fused-ring (bicyclic) bond motifs is 5. The summed E-state index contributed by atoms with van der Waals surface area (Å²) in [5.41, 5.74) is -0.235. The second kappa shape index (κ2) is 7.12. The first-order valence-electron chi connectivity index (χ1n) is 10.5. The molecule has 0 aromatic heterocycles. The molecule has 168 valence electrons. The highest BCUT2D eigenvalue weighted by atomic mass is 16.8. The average Bonchev–Trinajstić information content (AvgIpc) is 3.15. The number of allylic oxidation sites excluding steroid dienone is 1. The fourth-order valence-electron chi connectivity index (χ4n) is 4.64. The van der Waals surface area contributed by atoms with Crippen LogP contribution in [0.1, 0.15) is 54.4 Å². The molecule has 0 saturated carbocycles. The Morgan fingerprint density at radius 1 is 0.867 bits per heavy atom. The number of carbonyl (C=O) groups is 1. The van der Waals surface area contributed by atoms with Gasteiger partial charge in [0.05, 0.1) is 0 Å². The van der Waals surface area contributed by atoms with Gasteiger partial charge < -0.3 is 33.9 Å². The summed E-state index contributed by atoms with van der Waals surface area (Å²) >= 11 is 0.